The van der Waals surface area contributed by atoms with Gasteiger partial charge in [-0.2, -0.15) is 0 Å². The number of rotatable bonds is 10. The first-order valence-corrected chi connectivity index (χ1v) is 14.8. The van der Waals surface area contributed by atoms with Crippen LogP contribution in [0.4, 0.5) is 4.39 Å². The van der Waals surface area contributed by atoms with Gasteiger partial charge in [-0.1, -0.05) is 49.2 Å². The fourth-order valence-corrected chi connectivity index (χ4v) is 7.08. The molecule has 0 bridgehead atoms. The highest BCUT2D eigenvalue weighted by Gasteiger charge is 2.47. The maximum Gasteiger partial charge on any atom is 0.459 e. The number of aromatic nitrogens is 2. The van der Waals surface area contributed by atoms with Crippen LogP contribution in [0.15, 0.2) is 52.2 Å². The minimum atomic E-state index is -4.22. The number of H-pyrrole nitrogens is 1. The van der Waals surface area contributed by atoms with Gasteiger partial charge in [0.15, 0.2) is 12.4 Å². The van der Waals surface area contributed by atoms with E-state index in [0.29, 0.717) is 0 Å². The highest BCUT2D eigenvalue weighted by molar-refractivity contribution is 8.14. The maximum absolute atomic E-state index is 14.9. The molecule has 0 radical (unpaired) electrons. The third kappa shape index (κ3) is 7.22. The van der Waals surface area contributed by atoms with E-state index < -0.39 is 56.3 Å². The number of halogens is 1. The van der Waals surface area contributed by atoms with E-state index in [-0.39, 0.29) is 16.1 Å². The molecule has 0 spiro atoms. The number of ether oxygens (including phenoxy) is 1. The summed E-state index contributed by atoms with van der Waals surface area (Å²) in [5, 5.41) is 13.0. The Balaban J connectivity index is 1.45. The van der Waals surface area contributed by atoms with Crippen LogP contribution in [0.3, 0.4) is 0 Å². The molecule has 2 fully saturated rings. The van der Waals surface area contributed by atoms with Crippen molar-refractivity contribution >= 4 is 24.6 Å². The van der Waals surface area contributed by atoms with Crippen molar-refractivity contribution in [3.63, 3.8) is 0 Å². The Hall–Kier alpha value is -2.28. The molecule has 11 nitrogen and oxygen atoms in total. The van der Waals surface area contributed by atoms with Crippen molar-refractivity contribution in [1.82, 2.24) is 14.6 Å². The zero-order valence-corrected chi connectivity index (χ0v) is 22.4. The second kappa shape index (κ2) is 12.7. The lowest BCUT2D eigenvalue weighted by Gasteiger charge is -2.26. The van der Waals surface area contributed by atoms with Crippen LogP contribution in [-0.2, 0) is 18.6 Å². The number of carbonyl (C=O) groups is 1. The molecule has 38 heavy (non-hydrogen) atoms. The van der Waals surface area contributed by atoms with E-state index in [4.69, 9.17) is 13.8 Å². The zero-order chi connectivity index (χ0) is 27.3. The molecule has 2 aliphatic rings. The van der Waals surface area contributed by atoms with Crippen LogP contribution in [0.5, 0.6) is 5.75 Å². The van der Waals surface area contributed by atoms with Gasteiger partial charge in [0, 0.05) is 17.5 Å². The van der Waals surface area contributed by atoms with Crippen LogP contribution in [0.1, 0.15) is 45.3 Å². The Kier molecular flexibility index (Phi) is 9.61. The molecule has 1 aliphatic heterocycles. The maximum atomic E-state index is 14.9. The Morgan fingerprint density at radius 1 is 1.26 bits per heavy atom. The van der Waals surface area contributed by atoms with E-state index in [1.165, 1.54) is 11.8 Å². The number of nitrogens with zero attached hydrogens (tertiary/aromatic N) is 1. The van der Waals surface area contributed by atoms with Crippen LogP contribution >= 0.6 is 19.5 Å². The van der Waals surface area contributed by atoms with Gasteiger partial charge in [-0.05, 0) is 31.9 Å². The molecule has 1 aromatic heterocycles. The van der Waals surface area contributed by atoms with Gasteiger partial charge in [0.1, 0.15) is 18.0 Å². The van der Waals surface area contributed by atoms with Crippen molar-refractivity contribution in [2.75, 3.05) is 6.61 Å². The standard InChI is InChI=1S/C24H31FN3O8PS/c1-15(23(31)38-17-10-6-3-7-11-17)27-37(33,36-16-8-4-2-5-9-16)34-14-18-21(30)20(25)22(35-18)28-13-12-19(29)26-24(28)32/h2,4-5,8-9,12-13,15,17-18,20-22,30H,3,6-7,10-11,14H2,1H3,(H,27,33)(H,26,29,32)/t15-,18+,20+,21+,22+,37?/m0/s1. The summed E-state index contributed by atoms with van der Waals surface area (Å²) in [5.41, 5.74) is -1.59. The molecule has 1 aromatic carbocycles. The molecule has 1 saturated carbocycles. The largest absolute Gasteiger partial charge is 0.459 e. The van der Waals surface area contributed by atoms with Crippen molar-refractivity contribution in [2.24, 2.45) is 0 Å². The first-order valence-electron chi connectivity index (χ1n) is 12.4. The van der Waals surface area contributed by atoms with E-state index in [0.717, 1.165) is 48.9 Å². The predicted molar refractivity (Wildman–Crippen MR) is 139 cm³/mol. The summed E-state index contributed by atoms with van der Waals surface area (Å²) in [4.78, 5) is 38.2. The van der Waals surface area contributed by atoms with Gasteiger partial charge in [-0.15, -0.1) is 0 Å². The molecule has 1 unspecified atom stereocenters. The summed E-state index contributed by atoms with van der Waals surface area (Å²) in [7, 11) is -4.22. The molecule has 6 atom stereocenters. The average Bonchev–Trinajstić information content (AvgIpc) is 3.17. The molecular weight excluding hydrogens is 540 g/mol. The van der Waals surface area contributed by atoms with Crippen LogP contribution in [0, 0.1) is 0 Å². The SMILES string of the molecule is C[C@H](NP(=O)(OC[C@H]1O[C@@H](n2ccc(=O)[nH]c2=O)[C@H](F)[C@@H]1O)Oc1ccccc1)C(=O)SC1CCCCC1. The molecule has 2 aromatic rings. The fraction of sp³-hybridized carbons (Fsp3) is 0.542. The molecule has 14 heteroatoms. The second-order valence-corrected chi connectivity index (χ2v) is 12.3. The fourth-order valence-electron chi connectivity index (χ4n) is 4.31. The minimum Gasteiger partial charge on any atom is -0.413 e. The molecule has 2 heterocycles. The summed E-state index contributed by atoms with van der Waals surface area (Å²) in [5.74, 6) is 0.205. The number of thioether (sulfide) groups is 1. The van der Waals surface area contributed by atoms with Crippen LogP contribution in [0.25, 0.3) is 0 Å². The lowest BCUT2D eigenvalue weighted by Crippen LogP contribution is -2.36. The topological polar surface area (TPSA) is 149 Å². The summed E-state index contributed by atoms with van der Waals surface area (Å²) in [6, 6.07) is 8.29. The molecule has 4 rings (SSSR count). The number of carbonyl (C=O) groups excluding carboxylic acids is 1. The van der Waals surface area contributed by atoms with Crippen molar-refractivity contribution in [3.8, 4) is 5.75 Å². The number of aliphatic hydroxyl groups excluding tert-OH is 1. The normalized spacial score (nSPS) is 26.5. The summed E-state index contributed by atoms with van der Waals surface area (Å²) >= 11 is 1.21. The van der Waals surface area contributed by atoms with Gasteiger partial charge in [-0.25, -0.2) is 18.8 Å². The summed E-state index contributed by atoms with van der Waals surface area (Å²) in [6.45, 7) is 0.976. The predicted octanol–water partition coefficient (Wildman–Crippen LogP) is 2.91. The summed E-state index contributed by atoms with van der Waals surface area (Å²) in [6.07, 6.45) is -0.419. The zero-order valence-electron chi connectivity index (χ0n) is 20.7. The lowest BCUT2D eigenvalue weighted by atomic mass is 10.0. The quantitative estimate of drug-likeness (QED) is 0.364. The monoisotopic (exact) mass is 571 g/mol. The molecule has 0 amide bonds. The first kappa shape index (κ1) is 28.7. The lowest BCUT2D eigenvalue weighted by molar-refractivity contribution is -0.112. The van der Waals surface area contributed by atoms with Crippen LogP contribution in [-0.4, -0.2) is 56.1 Å². The number of hydrogen-bond acceptors (Lipinski definition) is 9. The second-order valence-electron chi connectivity index (χ2n) is 9.26. The Morgan fingerprint density at radius 3 is 2.66 bits per heavy atom. The van der Waals surface area contributed by atoms with Gasteiger partial charge >= 0.3 is 13.4 Å². The average molecular weight is 572 g/mol. The van der Waals surface area contributed by atoms with Gasteiger partial charge in [0.25, 0.3) is 5.56 Å². The van der Waals surface area contributed by atoms with Crippen molar-refractivity contribution < 1.29 is 32.6 Å². The minimum absolute atomic E-state index is 0.202. The first-order chi connectivity index (χ1) is 18.1. The number of hydrogen-bond donors (Lipinski definition) is 3. The summed E-state index contributed by atoms with van der Waals surface area (Å²) < 4.78 is 46.1. The molecular formula is C24H31FN3O8PS. The molecule has 1 saturated heterocycles. The number of aliphatic hydroxyl groups is 1. The number of benzene rings is 1. The number of aromatic amines is 1. The van der Waals surface area contributed by atoms with E-state index in [9.17, 15) is 28.4 Å². The van der Waals surface area contributed by atoms with E-state index in [2.05, 4.69) is 5.09 Å². The van der Waals surface area contributed by atoms with Gasteiger partial charge < -0.3 is 14.4 Å². The van der Waals surface area contributed by atoms with E-state index in [1.807, 2.05) is 4.98 Å². The van der Waals surface area contributed by atoms with Gasteiger partial charge in [-0.3, -0.25) is 23.7 Å². The third-order valence-electron chi connectivity index (χ3n) is 6.34. The van der Waals surface area contributed by atoms with E-state index >= 15 is 0 Å². The Labute approximate surface area is 222 Å². The Morgan fingerprint density at radius 2 is 1.97 bits per heavy atom. The smallest absolute Gasteiger partial charge is 0.413 e. The number of nitrogens with one attached hydrogen (secondary N) is 2. The number of alkyl halides is 1. The van der Waals surface area contributed by atoms with Crippen molar-refractivity contribution in [1.29, 1.82) is 0 Å². The van der Waals surface area contributed by atoms with E-state index in [1.54, 1.807) is 37.3 Å². The van der Waals surface area contributed by atoms with Crippen molar-refractivity contribution in [2.45, 2.75) is 74.9 Å². The molecule has 3 N–H and O–H groups in total. The third-order valence-corrected chi connectivity index (χ3v) is 9.37. The van der Waals surface area contributed by atoms with Crippen LogP contribution in [0.2, 0.25) is 0 Å². The molecule has 208 valence electrons. The van der Waals surface area contributed by atoms with Crippen molar-refractivity contribution in [3.05, 3.63) is 63.4 Å². The van der Waals surface area contributed by atoms with Gasteiger partial charge in [0.2, 0.25) is 5.12 Å². The highest BCUT2D eigenvalue weighted by Crippen LogP contribution is 2.46. The molecule has 1 aliphatic carbocycles. The van der Waals surface area contributed by atoms with Crippen LogP contribution < -0.4 is 20.9 Å². The number of para-hydroxylation sites is 1. The van der Waals surface area contributed by atoms with Gasteiger partial charge in [0.05, 0.1) is 12.6 Å². The Bertz CT molecular complexity index is 1250. The highest BCUT2D eigenvalue weighted by atomic mass is 32.2.